The summed E-state index contributed by atoms with van der Waals surface area (Å²) in [7, 11) is 0. The van der Waals surface area contributed by atoms with Gasteiger partial charge in [-0.1, -0.05) is 10.3 Å². The van der Waals surface area contributed by atoms with E-state index in [1.54, 1.807) is 0 Å². The van der Waals surface area contributed by atoms with Crippen LogP contribution < -0.4 is 0 Å². The quantitative estimate of drug-likeness (QED) is 0.638. The molecule has 0 saturated heterocycles. The Morgan fingerprint density at radius 3 is 2.29 bits per heavy atom. The van der Waals surface area contributed by atoms with Gasteiger partial charge in [0.2, 0.25) is 18.6 Å². The van der Waals surface area contributed by atoms with Crippen molar-refractivity contribution in [1.29, 1.82) is 0 Å². The summed E-state index contributed by atoms with van der Waals surface area (Å²) in [6.07, 6.45) is 2.79. The van der Waals surface area contributed by atoms with Crippen molar-refractivity contribution >= 4 is 6.29 Å². The highest BCUT2D eigenvalue weighted by Crippen LogP contribution is 1.83. The maximum atomic E-state index is 9.68. The van der Waals surface area contributed by atoms with Crippen molar-refractivity contribution in [3.63, 3.8) is 0 Å². The summed E-state index contributed by atoms with van der Waals surface area (Å²) in [6, 6.07) is 0. The van der Waals surface area contributed by atoms with E-state index in [0.717, 1.165) is 6.39 Å². The molecule has 8 heteroatoms. The molecule has 0 saturated carbocycles. The van der Waals surface area contributed by atoms with Crippen molar-refractivity contribution in [3.8, 4) is 0 Å². The second-order valence-electron chi connectivity index (χ2n) is 1.91. The van der Waals surface area contributed by atoms with Crippen LogP contribution in [0.1, 0.15) is 16.4 Å². The number of aldehydes is 1. The Morgan fingerprint density at radius 2 is 2.00 bits per heavy atom. The van der Waals surface area contributed by atoms with Crippen LogP contribution in [0.4, 0.5) is 0 Å². The third-order valence-corrected chi connectivity index (χ3v) is 1.03. The van der Waals surface area contributed by atoms with Gasteiger partial charge in [-0.2, -0.15) is 9.97 Å². The fourth-order valence-corrected chi connectivity index (χ4v) is 0.493. The first kappa shape index (κ1) is 9.99. The molecule has 0 bridgehead atoms. The molecule has 0 aliphatic heterocycles. The third kappa shape index (κ3) is 3.11. The van der Waals surface area contributed by atoms with Gasteiger partial charge in [0, 0.05) is 0 Å². The topological polar surface area (TPSA) is 115 Å². The summed E-state index contributed by atoms with van der Waals surface area (Å²) >= 11 is 0. The number of carbonyl (C=O) groups excluding carboxylic acids is 1. The molecule has 2 aromatic heterocycles. The highest BCUT2D eigenvalue weighted by molar-refractivity contribution is 5.67. The number of hydrogen-bond acceptors (Lipinski definition) is 8. The lowest BCUT2D eigenvalue weighted by atomic mass is 10.7. The molecule has 0 unspecified atom stereocenters. The minimum absolute atomic E-state index is 0.0833. The number of hydrogen-bond donors (Lipinski definition) is 1. The Morgan fingerprint density at radius 1 is 1.29 bits per heavy atom. The van der Waals surface area contributed by atoms with E-state index in [1.807, 2.05) is 0 Å². The van der Waals surface area contributed by atoms with Crippen molar-refractivity contribution in [2.24, 2.45) is 0 Å². The van der Waals surface area contributed by atoms with E-state index in [-0.39, 0.29) is 12.4 Å². The minimum atomic E-state index is -0.156. The Hall–Kier alpha value is -2.09. The van der Waals surface area contributed by atoms with Crippen molar-refractivity contribution in [2.45, 2.75) is 6.61 Å². The van der Waals surface area contributed by atoms with Gasteiger partial charge >= 0.3 is 0 Å². The molecule has 0 spiro atoms. The van der Waals surface area contributed by atoms with E-state index in [1.165, 1.54) is 6.39 Å². The maximum absolute atomic E-state index is 9.68. The zero-order valence-electron chi connectivity index (χ0n) is 6.90. The van der Waals surface area contributed by atoms with Crippen LogP contribution in [-0.2, 0) is 6.61 Å². The van der Waals surface area contributed by atoms with Crippen LogP contribution >= 0.6 is 0 Å². The van der Waals surface area contributed by atoms with Gasteiger partial charge in [-0.15, -0.1) is 0 Å². The molecular formula is C6H6N4O4. The number of carbonyl (C=O) groups is 1. The zero-order chi connectivity index (χ0) is 10.2. The summed E-state index contributed by atoms with van der Waals surface area (Å²) in [4.78, 5) is 16.6. The second kappa shape index (κ2) is 5.54. The lowest BCUT2D eigenvalue weighted by molar-refractivity contribution is 0.111. The number of rotatable bonds is 2. The van der Waals surface area contributed by atoms with E-state index in [2.05, 4.69) is 29.3 Å². The fraction of sp³-hybridized carbons (Fsp3) is 0.167. The van der Waals surface area contributed by atoms with Crippen molar-refractivity contribution < 1.29 is 18.9 Å². The summed E-state index contributed by atoms with van der Waals surface area (Å²) in [6.45, 7) is -0.156. The molecule has 8 nitrogen and oxygen atoms in total. The molecule has 0 amide bonds. The van der Waals surface area contributed by atoms with Crippen molar-refractivity contribution in [2.75, 3.05) is 0 Å². The van der Waals surface area contributed by atoms with E-state index in [4.69, 9.17) is 5.11 Å². The number of aromatic nitrogens is 4. The van der Waals surface area contributed by atoms with Gasteiger partial charge in [-0.05, 0) is 0 Å². The molecule has 0 aliphatic rings. The number of aliphatic hydroxyl groups excluding tert-OH is 1. The Kier molecular flexibility index (Phi) is 3.95. The highest BCUT2D eigenvalue weighted by Gasteiger charge is 1.89. The lowest BCUT2D eigenvalue weighted by Gasteiger charge is -1.73. The first-order valence-electron chi connectivity index (χ1n) is 3.44. The van der Waals surface area contributed by atoms with Crippen LogP contribution in [0.25, 0.3) is 0 Å². The molecule has 0 fully saturated rings. The molecule has 0 aliphatic carbocycles. The molecule has 0 atom stereocenters. The van der Waals surface area contributed by atoms with Crippen LogP contribution in [0.3, 0.4) is 0 Å². The maximum Gasteiger partial charge on any atom is 0.235 e. The smallest absolute Gasteiger partial charge is 0.235 e. The van der Waals surface area contributed by atoms with Gasteiger partial charge in [0.25, 0.3) is 0 Å². The van der Waals surface area contributed by atoms with Gasteiger partial charge in [-0.3, -0.25) is 4.79 Å². The predicted octanol–water partition coefficient (Wildman–Crippen LogP) is -0.556. The van der Waals surface area contributed by atoms with Crippen molar-refractivity contribution in [1.82, 2.24) is 20.3 Å². The molecule has 1 N–H and O–H groups in total. The molecule has 0 aromatic carbocycles. The van der Waals surface area contributed by atoms with Crippen LogP contribution in [0.5, 0.6) is 0 Å². The molecule has 2 rings (SSSR count). The van der Waals surface area contributed by atoms with Crippen LogP contribution in [0, 0.1) is 0 Å². The largest absolute Gasteiger partial charge is 0.388 e. The van der Waals surface area contributed by atoms with E-state index >= 15 is 0 Å². The first-order valence-corrected chi connectivity index (χ1v) is 3.44. The fourth-order valence-electron chi connectivity index (χ4n) is 0.493. The van der Waals surface area contributed by atoms with E-state index in [9.17, 15) is 4.79 Å². The predicted molar refractivity (Wildman–Crippen MR) is 39.9 cm³/mol. The Labute approximate surface area is 77.5 Å². The van der Waals surface area contributed by atoms with Gasteiger partial charge in [0.1, 0.15) is 6.61 Å². The molecule has 2 aromatic rings. The SMILES string of the molecule is O=Cc1ncon1.OCc1ncon1. The van der Waals surface area contributed by atoms with Crippen molar-refractivity contribution in [3.05, 3.63) is 24.4 Å². The average Bonchev–Trinajstić information content (AvgIpc) is 2.92. The van der Waals surface area contributed by atoms with Gasteiger partial charge in [0.05, 0.1) is 0 Å². The molecule has 2 heterocycles. The van der Waals surface area contributed by atoms with Gasteiger partial charge < -0.3 is 14.2 Å². The Balaban J connectivity index is 0.000000140. The van der Waals surface area contributed by atoms with Gasteiger partial charge in [-0.25, -0.2) is 0 Å². The van der Waals surface area contributed by atoms with Gasteiger partial charge in [0.15, 0.2) is 12.1 Å². The number of aliphatic hydroxyl groups is 1. The second-order valence-corrected chi connectivity index (χ2v) is 1.91. The molecular weight excluding hydrogens is 192 g/mol. The normalized spacial score (nSPS) is 8.93. The lowest BCUT2D eigenvalue weighted by Crippen LogP contribution is -1.82. The summed E-state index contributed by atoms with van der Waals surface area (Å²) < 4.78 is 8.50. The standard InChI is InChI=1S/C3H4N2O2.C3H2N2O2/c2*6-1-3-4-2-7-5-3/h2,6H,1H2;1-2H. The first-order chi connectivity index (χ1) is 6.86. The molecule has 0 radical (unpaired) electrons. The average molecular weight is 198 g/mol. The van der Waals surface area contributed by atoms with Crippen LogP contribution in [0.15, 0.2) is 21.8 Å². The van der Waals surface area contributed by atoms with E-state index < -0.39 is 0 Å². The molecule has 74 valence electrons. The summed E-state index contributed by atoms with van der Waals surface area (Å²) in [5.41, 5.74) is 0. The minimum Gasteiger partial charge on any atom is -0.388 e. The highest BCUT2D eigenvalue weighted by atomic mass is 16.5. The Bertz CT molecular complexity index is 344. The van der Waals surface area contributed by atoms with Crippen LogP contribution in [-0.4, -0.2) is 31.7 Å². The molecule has 14 heavy (non-hydrogen) atoms. The summed E-state index contributed by atoms with van der Waals surface area (Å²) in [5.74, 6) is 0.403. The number of nitrogens with zero attached hydrogens (tertiary/aromatic N) is 4. The van der Waals surface area contributed by atoms with Crippen LogP contribution in [0.2, 0.25) is 0 Å². The van der Waals surface area contributed by atoms with E-state index in [0.29, 0.717) is 12.1 Å². The third-order valence-electron chi connectivity index (χ3n) is 1.03. The zero-order valence-corrected chi connectivity index (χ0v) is 6.90. The summed E-state index contributed by atoms with van der Waals surface area (Å²) in [5, 5.41) is 14.7. The monoisotopic (exact) mass is 198 g/mol.